The molecule has 31 heavy (non-hydrogen) atoms. The van der Waals surface area contributed by atoms with Crippen LogP contribution in [-0.2, 0) is 0 Å². The lowest BCUT2D eigenvalue weighted by molar-refractivity contribution is 0.101. The number of rotatable bonds is 5. The zero-order chi connectivity index (χ0) is 22.1. The number of Topliss-reactive ketones (excluding diaryl/α,β-unsaturated/α-hetero) is 1. The van der Waals surface area contributed by atoms with E-state index in [1.807, 2.05) is 43.4 Å². The molecule has 0 aliphatic heterocycles. The van der Waals surface area contributed by atoms with Gasteiger partial charge in [0.1, 0.15) is 0 Å². The van der Waals surface area contributed by atoms with Crippen molar-refractivity contribution in [3.05, 3.63) is 96.6 Å². The zero-order valence-corrected chi connectivity index (χ0v) is 17.3. The van der Waals surface area contributed by atoms with Crippen molar-refractivity contribution in [1.82, 2.24) is 15.0 Å². The van der Waals surface area contributed by atoms with Crippen molar-refractivity contribution < 1.29 is 9.59 Å². The maximum Gasteiger partial charge on any atom is 0.161 e. The molecule has 0 bridgehead atoms. The van der Waals surface area contributed by atoms with Crippen molar-refractivity contribution in [2.24, 2.45) is 0 Å². The summed E-state index contributed by atoms with van der Waals surface area (Å²) in [6.07, 6.45) is 7.17. The van der Waals surface area contributed by atoms with Crippen molar-refractivity contribution in [1.29, 1.82) is 0 Å². The molecule has 0 amide bonds. The van der Waals surface area contributed by atoms with Gasteiger partial charge in [0.2, 0.25) is 0 Å². The fourth-order valence-corrected chi connectivity index (χ4v) is 2.96. The lowest BCUT2D eigenvalue weighted by atomic mass is 10.0. The number of carbonyl (C=O) groups is 2. The topological polar surface area (TPSA) is 84.8 Å². The Morgan fingerprint density at radius 3 is 2.26 bits per heavy atom. The molecule has 2 heterocycles. The average molecular weight is 410 g/mol. The third kappa shape index (κ3) is 5.67. The predicted octanol–water partition coefficient (Wildman–Crippen LogP) is 4.95. The van der Waals surface area contributed by atoms with Crippen LogP contribution < -0.4 is 5.32 Å². The molecule has 0 radical (unpaired) electrons. The highest BCUT2D eigenvalue weighted by atomic mass is 16.1. The highest BCUT2D eigenvalue weighted by Crippen LogP contribution is 2.25. The SMILES string of the molecule is CNc1cc(-c2ccccc2)ccc1C(C)=O.O=Cc1cncc(-c2ncccn2)c1. The minimum atomic E-state index is 0.0777. The molecule has 0 aliphatic carbocycles. The van der Waals surface area contributed by atoms with Gasteiger partial charge in [0, 0.05) is 54.2 Å². The van der Waals surface area contributed by atoms with E-state index in [-0.39, 0.29) is 5.78 Å². The first-order valence-electron chi connectivity index (χ1n) is 9.68. The van der Waals surface area contributed by atoms with Gasteiger partial charge in [-0.1, -0.05) is 36.4 Å². The number of ketones is 1. The van der Waals surface area contributed by atoms with Crippen molar-refractivity contribution in [2.75, 3.05) is 12.4 Å². The summed E-state index contributed by atoms with van der Waals surface area (Å²) in [5, 5.41) is 3.07. The van der Waals surface area contributed by atoms with Gasteiger partial charge in [-0.05, 0) is 42.3 Å². The van der Waals surface area contributed by atoms with Gasteiger partial charge in [-0.15, -0.1) is 0 Å². The summed E-state index contributed by atoms with van der Waals surface area (Å²) in [5.41, 5.74) is 5.13. The number of nitrogens with one attached hydrogen (secondary N) is 1. The lowest BCUT2D eigenvalue weighted by Gasteiger charge is -2.09. The summed E-state index contributed by atoms with van der Waals surface area (Å²) < 4.78 is 0. The lowest BCUT2D eigenvalue weighted by Crippen LogP contribution is -2.00. The number of hydrogen-bond acceptors (Lipinski definition) is 6. The Hall–Kier alpha value is -4.19. The molecule has 0 saturated carbocycles. The molecule has 6 heteroatoms. The van der Waals surface area contributed by atoms with Gasteiger partial charge >= 0.3 is 0 Å². The second kappa shape index (κ2) is 10.5. The van der Waals surface area contributed by atoms with E-state index >= 15 is 0 Å². The first-order valence-corrected chi connectivity index (χ1v) is 9.68. The molecule has 2 aromatic carbocycles. The summed E-state index contributed by atoms with van der Waals surface area (Å²) in [7, 11) is 1.83. The first-order chi connectivity index (χ1) is 15.1. The van der Waals surface area contributed by atoms with E-state index in [4.69, 9.17) is 0 Å². The number of pyridine rings is 1. The van der Waals surface area contributed by atoms with Crippen LogP contribution in [-0.4, -0.2) is 34.1 Å². The van der Waals surface area contributed by atoms with Crippen LogP contribution >= 0.6 is 0 Å². The Labute approximate surface area is 181 Å². The monoisotopic (exact) mass is 410 g/mol. The van der Waals surface area contributed by atoms with Gasteiger partial charge in [0.15, 0.2) is 17.9 Å². The third-order valence-electron chi connectivity index (χ3n) is 4.49. The number of hydrogen-bond donors (Lipinski definition) is 1. The standard InChI is InChI=1S/C15H15NO.C10H7N3O/c1-11(17)14-9-8-13(10-15(14)16-2)12-6-4-3-5-7-12;14-7-8-4-9(6-11-5-8)10-12-2-1-3-13-10/h3-10,16H,1-2H3;1-7H. The van der Waals surface area contributed by atoms with Crippen molar-refractivity contribution in [3.63, 3.8) is 0 Å². The molecule has 0 atom stereocenters. The van der Waals surface area contributed by atoms with Gasteiger partial charge in [-0.25, -0.2) is 9.97 Å². The Balaban J connectivity index is 0.000000179. The molecular weight excluding hydrogens is 388 g/mol. The molecule has 154 valence electrons. The van der Waals surface area contributed by atoms with E-state index in [1.165, 1.54) is 6.20 Å². The number of aldehydes is 1. The van der Waals surface area contributed by atoms with Crippen LogP contribution in [0.1, 0.15) is 27.6 Å². The molecule has 0 unspecified atom stereocenters. The molecule has 1 N–H and O–H groups in total. The Morgan fingerprint density at radius 2 is 1.61 bits per heavy atom. The van der Waals surface area contributed by atoms with Gasteiger partial charge in [0.25, 0.3) is 0 Å². The van der Waals surface area contributed by atoms with E-state index in [9.17, 15) is 9.59 Å². The van der Waals surface area contributed by atoms with Gasteiger partial charge < -0.3 is 5.32 Å². The van der Waals surface area contributed by atoms with Crippen LogP contribution in [0.4, 0.5) is 5.69 Å². The van der Waals surface area contributed by atoms with Crippen LogP contribution in [0.15, 0.2) is 85.5 Å². The van der Waals surface area contributed by atoms with Gasteiger partial charge in [0.05, 0.1) is 0 Å². The maximum atomic E-state index is 11.4. The van der Waals surface area contributed by atoms with Crippen molar-refractivity contribution in [3.8, 4) is 22.5 Å². The molecule has 0 fully saturated rings. The smallest absolute Gasteiger partial charge is 0.161 e. The highest BCUT2D eigenvalue weighted by Gasteiger charge is 2.07. The second-order valence-electron chi connectivity index (χ2n) is 6.63. The fraction of sp³-hybridized carbons (Fsp3) is 0.0800. The van der Waals surface area contributed by atoms with Gasteiger partial charge in [-0.3, -0.25) is 14.6 Å². The third-order valence-corrected chi connectivity index (χ3v) is 4.49. The molecular formula is C25H22N4O2. The van der Waals surface area contributed by atoms with Crippen molar-refractivity contribution >= 4 is 17.8 Å². The van der Waals surface area contributed by atoms with Crippen LogP contribution in [0.2, 0.25) is 0 Å². The quantitative estimate of drug-likeness (QED) is 0.370. The number of anilines is 1. The van der Waals surface area contributed by atoms with E-state index in [0.29, 0.717) is 11.4 Å². The van der Waals surface area contributed by atoms with Crippen molar-refractivity contribution in [2.45, 2.75) is 6.92 Å². The van der Waals surface area contributed by atoms with Crippen LogP contribution in [0, 0.1) is 0 Å². The number of nitrogens with zero attached hydrogens (tertiary/aromatic N) is 3. The largest absolute Gasteiger partial charge is 0.388 e. The minimum absolute atomic E-state index is 0.0777. The fourth-order valence-electron chi connectivity index (χ4n) is 2.96. The molecule has 4 rings (SSSR count). The summed E-state index contributed by atoms with van der Waals surface area (Å²) in [4.78, 5) is 34.0. The molecule has 4 aromatic rings. The van der Waals surface area contributed by atoms with Crippen LogP contribution in [0.25, 0.3) is 22.5 Å². The summed E-state index contributed by atoms with van der Waals surface area (Å²) >= 11 is 0. The van der Waals surface area contributed by atoms with Crippen LogP contribution in [0.3, 0.4) is 0 Å². The summed E-state index contributed by atoms with van der Waals surface area (Å²) in [5.74, 6) is 0.651. The zero-order valence-electron chi connectivity index (χ0n) is 17.3. The van der Waals surface area contributed by atoms with E-state index in [1.54, 1.807) is 37.6 Å². The molecule has 6 nitrogen and oxygen atoms in total. The Kier molecular flexibility index (Phi) is 7.32. The molecule has 2 aromatic heterocycles. The highest BCUT2D eigenvalue weighted by molar-refractivity contribution is 6.00. The first kappa shape index (κ1) is 21.5. The minimum Gasteiger partial charge on any atom is -0.388 e. The Morgan fingerprint density at radius 1 is 0.871 bits per heavy atom. The molecule has 0 saturated heterocycles. The number of aromatic nitrogens is 3. The Bertz CT molecular complexity index is 1160. The maximum absolute atomic E-state index is 11.4. The van der Waals surface area contributed by atoms with Crippen LogP contribution in [0.5, 0.6) is 0 Å². The van der Waals surface area contributed by atoms with E-state index in [0.717, 1.165) is 34.2 Å². The summed E-state index contributed by atoms with van der Waals surface area (Å²) in [6, 6.07) is 19.4. The van der Waals surface area contributed by atoms with E-state index in [2.05, 4.69) is 32.4 Å². The molecule has 0 aliphatic rings. The summed E-state index contributed by atoms with van der Waals surface area (Å²) in [6.45, 7) is 1.58. The van der Waals surface area contributed by atoms with Gasteiger partial charge in [-0.2, -0.15) is 0 Å². The molecule has 0 spiro atoms. The number of benzene rings is 2. The predicted molar refractivity (Wildman–Crippen MR) is 122 cm³/mol. The number of carbonyl (C=O) groups excluding carboxylic acids is 2. The van der Waals surface area contributed by atoms with E-state index < -0.39 is 0 Å². The average Bonchev–Trinajstić information content (AvgIpc) is 2.85. The normalized spacial score (nSPS) is 9.87. The second-order valence-corrected chi connectivity index (χ2v) is 6.63.